The van der Waals surface area contributed by atoms with Gasteiger partial charge in [-0.1, -0.05) is 81.4 Å². The van der Waals surface area contributed by atoms with Gasteiger partial charge in [0, 0.05) is 0 Å². The molecule has 2 nitrogen and oxygen atoms in total. The average Bonchev–Trinajstić information content (AvgIpc) is 2.45. The monoisotopic (exact) mass is 282 g/mol. The molecule has 110 valence electrons. The van der Waals surface area contributed by atoms with Gasteiger partial charge in [0.05, 0.1) is 0 Å². The van der Waals surface area contributed by atoms with Crippen molar-refractivity contribution in [3.8, 4) is 0 Å². The first-order valence-corrected chi connectivity index (χ1v) is 7.21. The highest BCUT2D eigenvalue weighted by molar-refractivity contribution is 5.83. The average molecular weight is 282 g/mol. The van der Waals surface area contributed by atoms with Crippen molar-refractivity contribution in [1.29, 1.82) is 0 Å². The molecular formula is C19H22O2. The third-order valence-electron chi connectivity index (χ3n) is 4.22. The van der Waals surface area contributed by atoms with Gasteiger partial charge in [0.2, 0.25) is 0 Å². The van der Waals surface area contributed by atoms with Gasteiger partial charge >= 0.3 is 5.97 Å². The maximum atomic E-state index is 12.3. The second-order valence-electron chi connectivity index (χ2n) is 6.49. The summed E-state index contributed by atoms with van der Waals surface area (Å²) in [5.74, 6) is -0.773. The molecule has 1 atom stereocenters. The smallest absolute Gasteiger partial charge is 0.315 e. The lowest BCUT2D eigenvalue weighted by Gasteiger charge is -2.42. The Hall–Kier alpha value is -2.09. The molecule has 0 amide bonds. The molecule has 0 aliphatic rings. The van der Waals surface area contributed by atoms with Gasteiger partial charge in [0.25, 0.3) is 0 Å². The predicted molar refractivity (Wildman–Crippen MR) is 85.4 cm³/mol. The number of benzene rings is 2. The highest BCUT2D eigenvalue weighted by atomic mass is 16.4. The van der Waals surface area contributed by atoms with Crippen LogP contribution in [0, 0.1) is 5.41 Å². The minimum atomic E-state index is -0.949. The van der Waals surface area contributed by atoms with E-state index in [-0.39, 0.29) is 0 Å². The van der Waals surface area contributed by atoms with E-state index in [0.29, 0.717) is 6.42 Å². The Morgan fingerprint density at radius 2 is 1.38 bits per heavy atom. The first-order chi connectivity index (χ1) is 9.88. The SMILES string of the molecule is CC(C)(C)C(Cc1ccccc1)(C(=O)O)c1ccccc1. The Morgan fingerprint density at radius 1 is 0.905 bits per heavy atom. The van der Waals surface area contributed by atoms with Crippen LogP contribution < -0.4 is 0 Å². The predicted octanol–water partition coefficient (Wildman–Crippen LogP) is 4.30. The summed E-state index contributed by atoms with van der Waals surface area (Å²) < 4.78 is 0. The zero-order valence-electron chi connectivity index (χ0n) is 12.8. The minimum Gasteiger partial charge on any atom is -0.481 e. The normalized spacial score (nSPS) is 14.4. The number of aliphatic carboxylic acids is 1. The van der Waals surface area contributed by atoms with E-state index in [4.69, 9.17) is 0 Å². The molecule has 21 heavy (non-hydrogen) atoms. The van der Waals surface area contributed by atoms with Crippen molar-refractivity contribution in [3.63, 3.8) is 0 Å². The first kappa shape index (κ1) is 15.3. The van der Waals surface area contributed by atoms with Gasteiger partial charge in [0.1, 0.15) is 5.41 Å². The van der Waals surface area contributed by atoms with Gasteiger partial charge in [-0.25, -0.2) is 0 Å². The molecule has 1 unspecified atom stereocenters. The Balaban J connectivity index is 2.60. The van der Waals surface area contributed by atoms with Crippen LogP contribution in [0.5, 0.6) is 0 Å². The zero-order chi connectivity index (χ0) is 15.5. The second-order valence-corrected chi connectivity index (χ2v) is 6.49. The fourth-order valence-corrected chi connectivity index (χ4v) is 2.94. The lowest BCUT2D eigenvalue weighted by molar-refractivity contribution is -0.148. The van der Waals surface area contributed by atoms with Crippen LogP contribution in [-0.2, 0) is 16.6 Å². The minimum absolute atomic E-state index is 0.407. The van der Waals surface area contributed by atoms with E-state index in [0.717, 1.165) is 11.1 Å². The van der Waals surface area contributed by atoms with Crippen LogP contribution in [0.2, 0.25) is 0 Å². The number of hydrogen-bond acceptors (Lipinski definition) is 1. The molecule has 0 aliphatic heterocycles. The van der Waals surface area contributed by atoms with E-state index in [9.17, 15) is 9.90 Å². The van der Waals surface area contributed by atoms with Crippen molar-refractivity contribution < 1.29 is 9.90 Å². The van der Waals surface area contributed by atoms with E-state index >= 15 is 0 Å². The van der Waals surface area contributed by atoms with Gasteiger partial charge in [0.15, 0.2) is 0 Å². The van der Waals surface area contributed by atoms with Crippen molar-refractivity contribution in [1.82, 2.24) is 0 Å². The Morgan fingerprint density at radius 3 is 1.81 bits per heavy atom. The number of rotatable bonds is 4. The van der Waals surface area contributed by atoms with Crippen molar-refractivity contribution in [2.75, 3.05) is 0 Å². The summed E-state index contributed by atoms with van der Waals surface area (Å²) >= 11 is 0. The van der Waals surface area contributed by atoms with Gasteiger partial charge < -0.3 is 5.11 Å². The standard InChI is InChI=1S/C19H22O2/c1-18(2,3)19(17(20)21,16-12-8-5-9-13-16)14-15-10-6-4-7-11-15/h4-13H,14H2,1-3H3,(H,20,21). The molecule has 0 radical (unpaired) electrons. The van der Waals surface area contributed by atoms with E-state index < -0.39 is 16.8 Å². The Kier molecular flexibility index (Phi) is 4.17. The van der Waals surface area contributed by atoms with Crippen LogP contribution in [0.15, 0.2) is 60.7 Å². The fourth-order valence-electron chi connectivity index (χ4n) is 2.94. The van der Waals surface area contributed by atoms with Crippen LogP contribution in [0.25, 0.3) is 0 Å². The third-order valence-corrected chi connectivity index (χ3v) is 4.22. The molecule has 0 aromatic heterocycles. The summed E-state index contributed by atoms with van der Waals surface area (Å²) in [4.78, 5) is 12.3. The highest BCUT2D eigenvalue weighted by Gasteiger charge is 2.50. The Labute approximate surface area is 126 Å². The van der Waals surface area contributed by atoms with Crippen LogP contribution in [-0.4, -0.2) is 11.1 Å². The topological polar surface area (TPSA) is 37.3 Å². The van der Waals surface area contributed by atoms with Crippen LogP contribution >= 0.6 is 0 Å². The molecule has 2 heteroatoms. The molecule has 2 rings (SSSR count). The van der Waals surface area contributed by atoms with Crippen LogP contribution in [0.4, 0.5) is 0 Å². The lowest BCUT2D eigenvalue weighted by atomic mass is 9.60. The van der Waals surface area contributed by atoms with Crippen LogP contribution in [0.1, 0.15) is 31.9 Å². The van der Waals surface area contributed by atoms with E-state index in [1.807, 2.05) is 81.4 Å². The highest BCUT2D eigenvalue weighted by Crippen LogP contribution is 2.44. The fraction of sp³-hybridized carbons (Fsp3) is 0.316. The number of hydrogen-bond donors (Lipinski definition) is 1. The van der Waals surface area contributed by atoms with E-state index in [1.54, 1.807) is 0 Å². The van der Waals surface area contributed by atoms with E-state index in [1.165, 1.54) is 0 Å². The molecule has 2 aromatic rings. The summed E-state index contributed by atoms with van der Waals surface area (Å²) in [6.45, 7) is 5.99. The lowest BCUT2D eigenvalue weighted by Crippen LogP contribution is -2.49. The second kappa shape index (κ2) is 5.72. The number of carboxylic acids is 1. The van der Waals surface area contributed by atoms with Crippen LogP contribution in [0.3, 0.4) is 0 Å². The molecule has 0 aliphatic carbocycles. The van der Waals surface area contributed by atoms with Crippen molar-refractivity contribution in [3.05, 3.63) is 71.8 Å². The summed E-state index contributed by atoms with van der Waals surface area (Å²) in [7, 11) is 0. The molecule has 2 aromatic carbocycles. The van der Waals surface area contributed by atoms with Crippen molar-refractivity contribution in [2.24, 2.45) is 5.41 Å². The van der Waals surface area contributed by atoms with Crippen molar-refractivity contribution >= 4 is 5.97 Å². The molecule has 0 fully saturated rings. The molecule has 1 N–H and O–H groups in total. The summed E-state index contributed by atoms with van der Waals surface area (Å²) in [5.41, 5.74) is 0.540. The summed E-state index contributed by atoms with van der Waals surface area (Å²) in [6.07, 6.45) is 0.483. The molecular weight excluding hydrogens is 260 g/mol. The summed E-state index contributed by atoms with van der Waals surface area (Å²) in [5, 5.41) is 10.1. The quantitative estimate of drug-likeness (QED) is 0.908. The largest absolute Gasteiger partial charge is 0.481 e. The molecule has 0 spiro atoms. The van der Waals surface area contributed by atoms with Gasteiger partial charge in [-0.05, 0) is 23.0 Å². The maximum Gasteiger partial charge on any atom is 0.315 e. The van der Waals surface area contributed by atoms with Gasteiger partial charge in [-0.2, -0.15) is 0 Å². The number of carboxylic acid groups (broad SMARTS) is 1. The van der Waals surface area contributed by atoms with Gasteiger partial charge in [-0.3, -0.25) is 4.79 Å². The Bertz CT molecular complexity index is 596. The van der Waals surface area contributed by atoms with E-state index in [2.05, 4.69) is 0 Å². The maximum absolute atomic E-state index is 12.3. The first-order valence-electron chi connectivity index (χ1n) is 7.21. The third kappa shape index (κ3) is 2.85. The number of carbonyl (C=O) groups is 1. The molecule has 0 saturated carbocycles. The van der Waals surface area contributed by atoms with Gasteiger partial charge in [-0.15, -0.1) is 0 Å². The molecule has 0 heterocycles. The van der Waals surface area contributed by atoms with Crippen molar-refractivity contribution in [2.45, 2.75) is 32.6 Å². The summed E-state index contributed by atoms with van der Waals surface area (Å²) in [6, 6.07) is 19.4. The zero-order valence-corrected chi connectivity index (χ0v) is 12.8. The molecule has 0 bridgehead atoms. The molecule has 0 saturated heterocycles.